The lowest BCUT2D eigenvalue weighted by molar-refractivity contribution is 0.362. The third-order valence-corrected chi connectivity index (χ3v) is 3.09. The average Bonchev–Trinajstić information content (AvgIpc) is 2.30. The molecule has 1 aromatic carbocycles. The molecular weight excluding hydrogens is 222 g/mol. The van der Waals surface area contributed by atoms with Crippen LogP contribution >= 0.6 is 11.6 Å². The summed E-state index contributed by atoms with van der Waals surface area (Å²) >= 11 is 5.43. The number of halogens is 1. The largest absolute Gasteiger partial charge is 0.489 e. The van der Waals surface area contributed by atoms with Crippen molar-refractivity contribution in [3.63, 3.8) is 0 Å². The maximum Gasteiger partial charge on any atom is 0.120 e. The summed E-state index contributed by atoms with van der Waals surface area (Å²) < 4.78 is 5.54. The molecule has 1 aliphatic carbocycles. The molecule has 86 valence electrons. The summed E-state index contributed by atoms with van der Waals surface area (Å²) in [6, 6.07) is 6.35. The molecule has 0 fully saturated rings. The summed E-state index contributed by atoms with van der Waals surface area (Å²) in [7, 11) is 0. The number of ether oxygens (including phenoxy) is 1. The molecule has 1 atom stereocenters. The van der Waals surface area contributed by atoms with E-state index in [1.807, 2.05) is 6.07 Å². The first-order valence-corrected chi connectivity index (χ1v) is 6.01. The molecule has 0 aromatic heterocycles. The van der Waals surface area contributed by atoms with Crippen molar-refractivity contribution < 1.29 is 4.74 Å². The van der Waals surface area contributed by atoms with Crippen molar-refractivity contribution in [3.8, 4) is 5.75 Å². The Morgan fingerprint density at radius 2 is 2.38 bits per heavy atom. The smallest absolute Gasteiger partial charge is 0.120 e. The molecule has 1 aliphatic rings. The number of hydrogen-bond donors (Lipinski definition) is 1. The van der Waals surface area contributed by atoms with Crippen LogP contribution in [0.4, 0.5) is 0 Å². The molecule has 0 heterocycles. The average molecular weight is 238 g/mol. The van der Waals surface area contributed by atoms with Gasteiger partial charge in [-0.1, -0.05) is 17.7 Å². The Bertz CT molecular complexity index is 390. The van der Waals surface area contributed by atoms with E-state index in [4.69, 9.17) is 22.1 Å². The van der Waals surface area contributed by atoms with E-state index in [1.54, 1.807) is 6.08 Å². The van der Waals surface area contributed by atoms with Crippen LogP contribution in [0.3, 0.4) is 0 Å². The second kappa shape index (κ2) is 5.37. The maximum atomic E-state index is 6.05. The number of hydrogen-bond acceptors (Lipinski definition) is 2. The first-order chi connectivity index (χ1) is 7.81. The molecule has 0 radical (unpaired) electrons. The van der Waals surface area contributed by atoms with Crippen LogP contribution in [0.25, 0.3) is 0 Å². The number of rotatable bonds is 3. The van der Waals surface area contributed by atoms with Crippen LogP contribution in [-0.4, -0.2) is 6.61 Å². The van der Waals surface area contributed by atoms with Gasteiger partial charge < -0.3 is 10.5 Å². The van der Waals surface area contributed by atoms with Crippen molar-refractivity contribution in [2.24, 2.45) is 5.73 Å². The van der Waals surface area contributed by atoms with E-state index >= 15 is 0 Å². The van der Waals surface area contributed by atoms with E-state index in [0.29, 0.717) is 6.61 Å². The summed E-state index contributed by atoms with van der Waals surface area (Å²) in [6.45, 7) is 0.508. The predicted molar refractivity (Wildman–Crippen MR) is 66.8 cm³/mol. The standard InChI is InChI=1S/C13H16ClNO/c14-7-2-8-16-11-5-6-12-10(9-11)3-1-4-13(12)15/h2,5-7,9,13H,1,3-4,8,15H2. The molecule has 2 N–H and O–H groups in total. The normalized spacial score (nSPS) is 19.8. The molecule has 1 aromatic rings. The lowest BCUT2D eigenvalue weighted by Gasteiger charge is -2.22. The molecule has 3 heteroatoms. The highest BCUT2D eigenvalue weighted by Crippen LogP contribution is 2.30. The Morgan fingerprint density at radius 3 is 3.19 bits per heavy atom. The third-order valence-electron chi connectivity index (χ3n) is 2.91. The second-order valence-corrected chi connectivity index (χ2v) is 4.28. The van der Waals surface area contributed by atoms with E-state index in [2.05, 4.69) is 12.1 Å². The van der Waals surface area contributed by atoms with Crippen molar-refractivity contribution >= 4 is 11.6 Å². The van der Waals surface area contributed by atoms with Crippen LogP contribution in [0.5, 0.6) is 5.75 Å². The fourth-order valence-electron chi connectivity index (χ4n) is 2.10. The zero-order valence-corrected chi connectivity index (χ0v) is 9.91. The van der Waals surface area contributed by atoms with Crippen LogP contribution < -0.4 is 10.5 Å². The Morgan fingerprint density at radius 1 is 1.50 bits per heavy atom. The van der Waals surface area contributed by atoms with Crippen LogP contribution in [0.2, 0.25) is 0 Å². The van der Waals surface area contributed by atoms with Gasteiger partial charge in [0.15, 0.2) is 0 Å². The molecule has 2 nitrogen and oxygen atoms in total. The number of nitrogens with two attached hydrogens (primary N) is 1. The van der Waals surface area contributed by atoms with Gasteiger partial charge in [-0.15, -0.1) is 0 Å². The van der Waals surface area contributed by atoms with Gasteiger partial charge in [0.2, 0.25) is 0 Å². The van der Waals surface area contributed by atoms with Crippen molar-refractivity contribution in [2.75, 3.05) is 6.61 Å². The SMILES string of the molecule is NC1CCCc2cc(OCC=CCl)ccc21. The quantitative estimate of drug-likeness (QED) is 0.877. The first-order valence-electron chi connectivity index (χ1n) is 5.57. The molecular formula is C13H16ClNO. The van der Waals surface area contributed by atoms with Gasteiger partial charge in [-0.25, -0.2) is 0 Å². The fourth-order valence-corrected chi connectivity index (χ4v) is 2.17. The van der Waals surface area contributed by atoms with Gasteiger partial charge in [-0.05, 0) is 48.6 Å². The monoisotopic (exact) mass is 237 g/mol. The van der Waals surface area contributed by atoms with E-state index in [1.165, 1.54) is 23.1 Å². The molecule has 0 saturated carbocycles. The van der Waals surface area contributed by atoms with Crippen LogP contribution in [-0.2, 0) is 6.42 Å². The highest BCUT2D eigenvalue weighted by atomic mass is 35.5. The Labute approximate surface area is 101 Å². The molecule has 1 unspecified atom stereocenters. The van der Waals surface area contributed by atoms with Gasteiger partial charge in [-0.2, -0.15) is 0 Å². The van der Waals surface area contributed by atoms with Crippen molar-refractivity contribution in [2.45, 2.75) is 25.3 Å². The van der Waals surface area contributed by atoms with E-state index in [-0.39, 0.29) is 6.04 Å². The zero-order chi connectivity index (χ0) is 11.4. The number of fused-ring (bicyclic) bond motifs is 1. The third kappa shape index (κ3) is 2.57. The van der Waals surface area contributed by atoms with Crippen molar-refractivity contribution in [1.82, 2.24) is 0 Å². The van der Waals surface area contributed by atoms with Crippen LogP contribution in [0, 0.1) is 0 Å². The highest BCUT2D eigenvalue weighted by Gasteiger charge is 2.16. The molecule has 16 heavy (non-hydrogen) atoms. The summed E-state index contributed by atoms with van der Waals surface area (Å²) in [4.78, 5) is 0. The van der Waals surface area contributed by atoms with Crippen LogP contribution in [0.1, 0.15) is 30.0 Å². The van der Waals surface area contributed by atoms with Crippen molar-refractivity contribution in [1.29, 1.82) is 0 Å². The topological polar surface area (TPSA) is 35.2 Å². The number of benzene rings is 1. The predicted octanol–water partition coefficient (Wildman–Crippen LogP) is 3.15. The van der Waals surface area contributed by atoms with Gasteiger partial charge in [0, 0.05) is 11.6 Å². The van der Waals surface area contributed by atoms with Gasteiger partial charge in [0.1, 0.15) is 12.4 Å². The van der Waals surface area contributed by atoms with Crippen LogP contribution in [0.15, 0.2) is 29.8 Å². The zero-order valence-electron chi connectivity index (χ0n) is 9.16. The molecule has 0 bridgehead atoms. The summed E-state index contributed by atoms with van der Waals surface area (Å²) in [5, 5.41) is 0. The minimum atomic E-state index is 0.195. The van der Waals surface area contributed by atoms with Crippen molar-refractivity contribution in [3.05, 3.63) is 40.9 Å². The van der Waals surface area contributed by atoms with Gasteiger partial charge in [0.05, 0.1) is 0 Å². The first kappa shape index (κ1) is 11.5. The molecule has 0 saturated heterocycles. The Kier molecular flexibility index (Phi) is 3.86. The Hall–Kier alpha value is -0.990. The Balaban J connectivity index is 2.12. The lowest BCUT2D eigenvalue weighted by Crippen LogP contribution is -2.17. The van der Waals surface area contributed by atoms with E-state index < -0.39 is 0 Å². The second-order valence-electron chi connectivity index (χ2n) is 4.03. The van der Waals surface area contributed by atoms with E-state index in [9.17, 15) is 0 Å². The van der Waals surface area contributed by atoms with Gasteiger partial charge in [0.25, 0.3) is 0 Å². The molecule has 2 rings (SSSR count). The maximum absolute atomic E-state index is 6.05. The minimum Gasteiger partial charge on any atom is -0.489 e. The fraction of sp³-hybridized carbons (Fsp3) is 0.385. The highest BCUT2D eigenvalue weighted by molar-refractivity contribution is 6.25. The molecule has 0 aliphatic heterocycles. The van der Waals surface area contributed by atoms with Gasteiger partial charge in [-0.3, -0.25) is 0 Å². The van der Waals surface area contributed by atoms with E-state index in [0.717, 1.165) is 18.6 Å². The molecule has 0 spiro atoms. The minimum absolute atomic E-state index is 0.195. The summed E-state index contributed by atoms with van der Waals surface area (Å²) in [6.07, 6.45) is 5.12. The molecule has 0 amide bonds. The summed E-state index contributed by atoms with van der Waals surface area (Å²) in [5.41, 5.74) is 10.1. The summed E-state index contributed by atoms with van der Waals surface area (Å²) in [5.74, 6) is 0.891. The number of aryl methyl sites for hydroxylation is 1. The lowest BCUT2D eigenvalue weighted by atomic mass is 9.88. The van der Waals surface area contributed by atoms with Gasteiger partial charge >= 0.3 is 0 Å².